The Labute approximate surface area is 85.9 Å². The number of benzene rings is 1. The van der Waals surface area contributed by atoms with Crippen LogP contribution >= 0.6 is 11.6 Å². The molecule has 1 rings (SSSR count). The van der Waals surface area contributed by atoms with Gasteiger partial charge in [-0.3, -0.25) is 0 Å². The Bertz CT molecular complexity index is 238. The molecule has 0 nitrogen and oxygen atoms in total. The van der Waals surface area contributed by atoms with Gasteiger partial charge in [0.25, 0.3) is 0 Å². The van der Waals surface area contributed by atoms with Crippen molar-refractivity contribution in [3.05, 3.63) is 34.9 Å². The largest absolute Gasteiger partial charge is 0.0843 e. The third kappa shape index (κ3) is 3.40. The standard InChI is InChI=1S/C12H17Cl/c1-3-4-5-10(2)11-6-8-12(13)9-7-11/h6-10H,3-5H2,1-2H3/t10-/m0/s1. The summed E-state index contributed by atoms with van der Waals surface area (Å²) in [6.07, 6.45) is 3.86. The molecule has 1 aromatic carbocycles. The normalized spacial score (nSPS) is 12.8. The summed E-state index contributed by atoms with van der Waals surface area (Å²) in [6, 6.07) is 8.20. The van der Waals surface area contributed by atoms with Crippen LogP contribution < -0.4 is 0 Å². The van der Waals surface area contributed by atoms with Gasteiger partial charge in [-0.15, -0.1) is 0 Å². The molecular formula is C12H17Cl. The molecule has 0 N–H and O–H groups in total. The topological polar surface area (TPSA) is 0 Å². The van der Waals surface area contributed by atoms with Gasteiger partial charge in [-0.25, -0.2) is 0 Å². The van der Waals surface area contributed by atoms with Crippen molar-refractivity contribution in [2.45, 2.75) is 39.0 Å². The molecule has 0 amide bonds. The lowest BCUT2D eigenvalue weighted by molar-refractivity contribution is 0.624. The van der Waals surface area contributed by atoms with Crippen molar-refractivity contribution in [2.75, 3.05) is 0 Å². The molecule has 0 aromatic heterocycles. The number of halogens is 1. The van der Waals surface area contributed by atoms with Crippen molar-refractivity contribution >= 4 is 11.6 Å². The zero-order valence-electron chi connectivity index (χ0n) is 8.39. The summed E-state index contributed by atoms with van der Waals surface area (Å²) in [6.45, 7) is 4.51. The monoisotopic (exact) mass is 196 g/mol. The van der Waals surface area contributed by atoms with Crippen molar-refractivity contribution < 1.29 is 0 Å². The molecule has 0 aliphatic heterocycles. The Balaban J connectivity index is 2.55. The van der Waals surface area contributed by atoms with Crippen LogP contribution in [0.3, 0.4) is 0 Å². The highest BCUT2D eigenvalue weighted by Gasteiger charge is 2.03. The minimum Gasteiger partial charge on any atom is -0.0843 e. The van der Waals surface area contributed by atoms with Gasteiger partial charge in [-0.2, -0.15) is 0 Å². The molecule has 0 bridgehead atoms. The number of unbranched alkanes of at least 4 members (excludes halogenated alkanes) is 1. The first kappa shape index (κ1) is 10.6. The lowest BCUT2D eigenvalue weighted by atomic mass is 9.96. The quantitative estimate of drug-likeness (QED) is 0.659. The first-order valence-electron chi connectivity index (χ1n) is 4.99. The van der Waals surface area contributed by atoms with Crippen LogP contribution in [0.1, 0.15) is 44.6 Å². The van der Waals surface area contributed by atoms with E-state index in [1.807, 2.05) is 12.1 Å². The second kappa shape index (κ2) is 5.29. The molecule has 1 aromatic rings. The highest BCUT2D eigenvalue weighted by Crippen LogP contribution is 2.22. The molecule has 0 saturated carbocycles. The van der Waals surface area contributed by atoms with E-state index in [0.717, 1.165) is 5.02 Å². The molecule has 0 heterocycles. The highest BCUT2D eigenvalue weighted by atomic mass is 35.5. The Morgan fingerprint density at radius 1 is 1.23 bits per heavy atom. The third-order valence-electron chi connectivity index (χ3n) is 2.43. The Morgan fingerprint density at radius 2 is 1.85 bits per heavy atom. The minimum atomic E-state index is 0.664. The van der Waals surface area contributed by atoms with Crippen LogP contribution in [0, 0.1) is 0 Å². The van der Waals surface area contributed by atoms with E-state index in [0.29, 0.717) is 5.92 Å². The zero-order chi connectivity index (χ0) is 9.68. The van der Waals surface area contributed by atoms with E-state index in [-0.39, 0.29) is 0 Å². The second-order valence-corrected chi connectivity index (χ2v) is 4.03. The van der Waals surface area contributed by atoms with Crippen molar-refractivity contribution in [1.82, 2.24) is 0 Å². The summed E-state index contributed by atoms with van der Waals surface area (Å²) in [5.41, 5.74) is 1.40. The van der Waals surface area contributed by atoms with Crippen LogP contribution in [0.25, 0.3) is 0 Å². The van der Waals surface area contributed by atoms with Crippen LogP contribution in [-0.2, 0) is 0 Å². The van der Waals surface area contributed by atoms with Gasteiger partial charge in [-0.05, 0) is 30.0 Å². The minimum absolute atomic E-state index is 0.664. The fraction of sp³-hybridized carbons (Fsp3) is 0.500. The van der Waals surface area contributed by atoms with Gasteiger partial charge in [0.05, 0.1) is 0 Å². The van der Waals surface area contributed by atoms with Crippen LogP contribution in [0.4, 0.5) is 0 Å². The van der Waals surface area contributed by atoms with Crippen molar-refractivity contribution in [3.63, 3.8) is 0 Å². The average Bonchev–Trinajstić information content (AvgIpc) is 2.15. The van der Waals surface area contributed by atoms with Crippen LogP contribution in [0.2, 0.25) is 5.02 Å². The van der Waals surface area contributed by atoms with E-state index < -0.39 is 0 Å². The van der Waals surface area contributed by atoms with Gasteiger partial charge in [0.2, 0.25) is 0 Å². The maximum atomic E-state index is 5.82. The van der Waals surface area contributed by atoms with E-state index in [9.17, 15) is 0 Å². The second-order valence-electron chi connectivity index (χ2n) is 3.59. The molecule has 1 atom stereocenters. The molecule has 72 valence electrons. The Morgan fingerprint density at radius 3 is 2.38 bits per heavy atom. The molecule has 0 aliphatic rings. The van der Waals surface area contributed by atoms with Gasteiger partial charge in [0.1, 0.15) is 0 Å². The van der Waals surface area contributed by atoms with E-state index in [1.165, 1.54) is 24.8 Å². The summed E-state index contributed by atoms with van der Waals surface area (Å²) in [5, 5.41) is 0.825. The fourth-order valence-corrected chi connectivity index (χ4v) is 1.59. The third-order valence-corrected chi connectivity index (χ3v) is 2.68. The van der Waals surface area contributed by atoms with Crippen LogP contribution in [-0.4, -0.2) is 0 Å². The number of hydrogen-bond acceptors (Lipinski definition) is 0. The summed E-state index contributed by atoms with van der Waals surface area (Å²) in [7, 11) is 0. The summed E-state index contributed by atoms with van der Waals surface area (Å²) >= 11 is 5.82. The van der Waals surface area contributed by atoms with Gasteiger partial charge >= 0.3 is 0 Å². The number of rotatable bonds is 4. The summed E-state index contributed by atoms with van der Waals surface area (Å²) < 4.78 is 0. The first-order valence-corrected chi connectivity index (χ1v) is 5.37. The molecule has 0 radical (unpaired) electrons. The highest BCUT2D eigenvalue weighted by molar-refractivity contribution is 6.30. The molecule has 1 heteroatoms. The maximum Gasteiger partial charge on any atom is 0.0406 e. The molecule has 0 fully saturated rings. The molecule has 0 unspecified atom stereocenters. The van der Waals surface area contributed by atoms with E-state index in [1.54, 1.807) is 0 Å². The predicted molar refractivity (Wildman–Crippen MR) is 59.4 cm³/mol. The van der Waals surface area contributed by atoms with Gasteiger partial charge < -0.3 is 0 Å². The molecular weight excluding hydrogens is 180 g/mol. The van der Waals surface area contributed by atoms with Crippen LogP contribution in [0.5, 0.6) is 0 Å². The van der Waals surface area contributed by atoms with Crippen molar-refractivity contribution in [3.8, 4) is 0 Å². The molecule has 13 heavy (non-hydrogen) atoms. The average molecular weight is 197 g/mol. The molecule has 0 aliphatic carbocycles. The Hall–Kier alpha value is -0.490. The van der Waals surface area contributed by atoms with E-state index in [2.05, 4.69) is 26.0 Å². The smallest absolute Gasteiger partial charge is 0.0406 e. The Kier molecular flexibility index (Phi) is 4.31. The lowest BCUT2D eigenvalue weighted by Crippen LogP contribution is -1.92. The van der Waals surface area contributed by atoms with Crippen molar-refractivity contribution in [1.29, 1.82) is 0 Å². The van der Waals surface area contributed by atoms with Gasteiger partial charge in [0.15, 0.2) is 0 Å². The van der Waals surface area contributed by atoms with E-state index >= 15 is 0 Å². The molecule has 0 saturated heterocycles. The van der Waals surface area contributed by atoms with E-state index in [4.69, 9.17) is 11.6 Å². The SMILES string of the molecule is CCCC[C@H](C)c1ccc(Cl)cc1. The first-order chi connectivity index (χ1) is 6.24. The maximum absolute atomic E-state index is 5.82. The fourth-order valence-electron chi connectivity index (χ4n) is 1.47. The van der Waals surface area contributed by atoms with Gasteiger partial charge in [-0.1, -0.05) is 50.4 Å². The predicted octanol–water partition coefficient (Wildman–Crippen LogP) is 4.63. The van der Waals surface area contributed by atoms with Crippen molar-refractivity contribution in [2.24, 2.45) is 0 Å². The van der Waals surface area contributed by atoms with Gasteiger partial charge in [0, 0.05) is 5.02 Å². The summed E-state index contributed by atoms with van der Waals surface area (Å²) in [4.78, 5) is 0. The van der Waals surface area contributed by atoms with Crippen LogP contribution in [0.15, 0.2) is 24.3 Å². The summed E-state index contributed by atoms with van der Waals surface area (Å²) in [5.74, 6) is 0.664. The number of hydrogen-bond donors (Lipinski definition) is 0. The zero-order valence-corrected chi connectivity index (χ0v) is 9.14. The molecule has 0 spiro atoms. The lowest BCUT2D eigenvalue weighted by Gasteiger charge is -2.10.